The lowest BCUT2D eigenvalue weighted by Crippen LogP contribution is -2.56. The van der Waals surface area contributed by atoms with Crippen molar-refractivity contribution in [2.24, 2.45) is 0 Å². The standard InChI is InChI=1S/C18H18F3NO2/c1-16(24)10-17(11-16,15(23)14-4-2-3-9-22-14)12-5-7-13(8-6-12)18(19,20)21/h2-9,15,23-24H,10-11H2,1H3/t15-,16-,17+/m1/s1. The van der Waals surface area contributed by atoms with Crippen molar-refractivity contribution in [3.8, 4) is 0 Å². The summed E-state index contributed by atoms with van der Waals surface area (Å²) in [6.45, 7) is 1.65. The molecule has 1 aliphatic carbocycles. The van der Waals surface area contributed by atoms with Gasteiger partial charge in [0.05, 0.1) is 16.9 Å². The molecule has 6 heteroatoms. The second kappa shape index (κ2) is 5.57. The number of aromatic nitrogens is 1. The fourth-order valence-electron chi connectivity index (χ4n) is 3.67. The van der Waals surface area contributed by atoms with Gasteiger partial charge in [-0.2, -0.15) is 13.2 Å². The predicted molar refractivity (Wildman–Crippen MR) is 82.2 cm³/mol. The highest BCUT2D eigenvalue weighted by atomic mass is 19.4. The Bertz CT molecular complexity index is 703. The molecule has 3 nitrogen and oxygen atoms in total. The fourth-order valence-corrected chi connectivity index (χ4v) is 3.67. The molecule has 1 heterocycles. The molecule has 2 N–H and O–H groups in total. The summed E-state index contributed by atoms with van der Waals surface area (Å²) in [5, 5.41) is 21.0. The van der Waals surface area contributed by atoms with E-state index in [1.54, 1.807) is 31.3 Å². The van der Waals surface area contributed by atoms with E-state index in [1.807, 2.05) is 0 Å². The minimum Gasteiger partial charge on any atom is -0.390 e. The lowest BCUT2D eigenvalue weighted by Gasteiger charge is -2.54. The molecule has 0 amide bonds. The Morgan fingerprint density at radius 3 is 2.17 bits per heavy atom. The van der Waals surface area contributed by atoms with Gasteiger partial charge in [0.25, 0.3) is 0 Å². The van der Waals surface area contributed by atoms with Crippen LogP contribution in [0.25, 0.3) is 0 Å². The molecule has 3 rings (SSSR count). The highest BCUT2D eigenvalue weighted by Gasteiger charge is 2.56. The molecule has 1 aromatic heterocycles. The molecule has 1 fully saturated rings. The molecule has 0 bridgehead atoms. The van der Waals surface area contributed by atoms with Gasteiger partial charge >= 0.3 is 6.18 Å². The Morgan fingerprint density at radius 1 is 1.08 bits per heavy atom. The van der Waals surface area contributed by atoms with E-state index in [4.69, 9.17) is 0 Å². The first-order chi connectivity index (χ1) is 11.1. The summed E-state index contributed by atoms with van der Waals surface area (Å²) in [6, 6.07) is 9.91. The van der Waals surface area contributed by atoms with Crippen LogP contribution in [0.4, 0.5) is 13.2 Å². The molecular formula is C18H18F3NO2. The number of pyridine rings is 1. The van der Waals surface area contributed by atoms with Gasteiger partial charge in [-0.1, -0.05) is 18.2 Å². The van der Waals surface area contributed by atoms with Gasteiger partial charge in [0.1, 0.15) is 6.10 Å². The number of hydrogen-bond acceptors (Lipinski definition) is 3. The van der Waals surface area contributed by atoms with E-state index in [-0.39, 0.29) is 12.8 Å². The molecule has 24 heavy (non-hydrogen) atoms. The van der Waals surface area contributed by atoms with Crippen LogP contribution in [0.2, 0.25) is 0 Å². The van der Waals surface area contributed by atoms with Gasteiger partial charge in [-0.15, -0.1) is 0 Å². The normalized spacial score (nSPS) is 28.2. The number of aliphatic hydroxyl groups is 2. The topological polar surface area (TPSA) is 53.4 Å². The number of benzene rings is 1. The van der Waals surface area contributed by atoms with Crippen LogP contribution in [0.15, 0.2) is 48.7 Å². The van der Waals surface area contributed by atoms with Crippen molar-refractivity contribution in [2.45, 2.75) is 43.1 Å². The van der Waals surface area contributed by atoms with Gasteiger partial charge in [0.15, 0.2) is 0 Å². The van der Waals surface area contributed by atoms with Crippen LogP contribution in [0, 0.1) is 0 Å². The van der Waals surface area contributed by atoms with E-state index in [0.717, 1.165) is 12.1 Å². The molecule has 1 saturated carbocycles. The Balaban J connectivity index is 1.98. The van der Waals surface area contributed by atoms with E-state index in [9.17, 15) is 23.4 Å². The highest BCUT2D eigenvalue weighted by molar-refractivity contribution is 5.37. The van der Waals surface area contributed by atoms with Gasteiger partial charge in [0, 0.05) is 11.6 Å². The number of rotatable bonds is 3. The maximum absolute atomic E-state index is 12.8. The van der Waals surface area contributed by atoms with Crippen LogP contribution >= 0.6 is 0 Å². The van der Waals surface area contributed by atoms with Crippen LogP contribution in [-0.4, -0.2) is 20.8 Å². The van der Waals surface area contributed by atoms with E-state index in [2.05, 4.69) is 4.98 Å². The summed E-state index contributed by atoms with van der Waals surface area (Å²) >= 11 is 0. The minimum atomic E-state index is -4.41. The largest absolute Gasteiger partial charge is 0.416 e. The van der Waals surface area contributed by atoms with E-state index in [0.29, 0.717) is 11.3 Å². The molecule has 1 aromatic carbocycles. The number of aliphatic hydroxyl groups excluding tert-OH is 1. The fraction of sp³-hybridized carbons (Fsp3) is 0.389. The molecule has 0 radical (unpaired) electrons. The number of alkyl halides is 3. The first-order valence-corrected chi connectivity index (χ1v) is 7.63. The number of nitrogens with zero attached hydrogens (tertiary/aromatic N) is 1. The average molecular weight is 337 g/mol. The quantitative estimate of drug-likeness (QED) is 0.899. The Hall–Kier alpha value is -1.92. The van der Waals surface area contributed by atoms with Crippen molar-refractivity contribution >= 4 is 0 Å². The van der Waals surface area contributed by atoms with E-state index < -0.39 is 28.9 Å². The van der Waals surface area contributed by atoms with Crippen LogP contribution in [0.5, 0.6) is 0 Å². The first-order valence-electron chi connectivity index (χ1n) is 7.63. The van der Waals surface area contributed by atoms with Crippen LogP contribution in [0.1, 0.15) is 42.7 Å². The molecule has 1 atom stereocenters. The summed E-state index contributed by atoms with van der Waals surface area (Å²) in [6.07, 6.45) is -3.35. The smallest absolute Gasteiger partial charge is 0.390 e. The summed E-state index contributed by atoms with van der Waals surface area (Å²) < 4.78 is 38.3. The zero-order valence-electron chi connectivity index (χ0n) is 13.1. The van der Waals surface area contributed by atoms with Crippen molar-refractivity contribution < 1.29 is 23.4 Å². The SMILES string of the molecule is C[C@]1(O)C[C@@](c2ccc(C(F)(F)F)cc2)([C@H](O)c2ccccn2)C1. The van der Waals surface area contributed by atoms with Crippen LogP contribution in [-0.2, 0) is 11.6 Å². The summed E-state index contributed by atoms with van der Waals surface area (Å²) in [5.74, 6) is 0. The molecule has 128 valence electrons. The monoisotopic (exact) mass is 337 g/mol. The maximum atomic E-state index is 12.8. The number of halogens is 3. The molecule has 0 spiro atoms. The van der Waals surface area contributed by atoms with Gasteiger partial charge in [-0.3, -0.25) is 4.98 Å². The zero-order chi connectivity index (χ0) is 17.6. The lowest BCUT2D eigenvalue weighted by atomic mass is 9.53. The molecule has 1 aliphatic rings. The summed E-state index contributed by atoms with van der Waals surface area (Å²) in [4.78, 5) is 4.15. The van der Waals surface area contributed by atoms with E-state index in [1.165, 1.54) is 12.1 Å². The minimum absolute atomic E-state index is 0.253. The first kappa shape index (κ1) is 16.9. The second-order valence-corrected chi connectivity index (χ2v) is 6.74. The average Bonchev–Trinajstić information content (AvgIpc) is 2.51. The number of hydrogen-bond donors (Lipinski definition) is 2. The van der Waals surface area contributed by atoms with Crippen LogP contribution < -0.4 is 0 Å². The van der Waals surface area contributed by atoms with Gasteiger partial charge < -0.3 is 10.2 Å². The molecule has 0 saturated heterocycles. The van der Waals surface area contributed by atoms with Crippen LogP contribution in [0.3, 0.4) is 0 Å². The van der Waals surface area contributed by atoms with E-state index >= 15 is 0 Å². The predicted octanol–water partition coefficient (Wildman–Crippen LogP) is 3.62. The molecule has 2 aromatic rings. The van der Waals surface area contributed by atoms with Crippen molar-refractivity contribution in [3.05, 3.63) is 65.5 Å². The third-order valence-electron chi connectivity index (χ3n) is 4.67. The molecular weight excluding hydrogens is 319 g/mol. The van der Waals surface area contributed by atoms with Gasteiger partial charge in [0.2, 0.25) is 0 Å². The third-order valence-corrected chi connectivity index (χ3v) is 4.67. The van der Waals surface area contributed by atoms with Gasteiger partial charge in [-0.25, -0.2) is 0 Å². The Labute approximate surface area is 137 Å². The van der Waals surface area contributed by atoms with Crippen molar-refractivity contribution in [3.63, 3.8) is 0 Å². The maximum Gasteiger partial charge on any atom is 0.416 e. The highest BCUT2D eigenvalue weighted by Crippen LogP contribution is 2.56. The molecule has 0 aliphatic heterocycles. The Morgan fingerprint density at radius 2 is 1.71 bits per heavy atom. The van der Waals surface area contributed by atoms with Crippen molar-refractivity contribution in [1.29, 1.82) is 0 Å². The lowest BCUT2D eigenvalue weighted by molar-refractivity contribution is -0.138. The molecule has 0 unspecified atom stereocenters. The summed E-state index contributed by atoms with van der Waals surface area (Å²) in [5.41, 5.74) is -1.53. The Kier molecular flexibility index (Phi) is 3.92. The van der Waals surface area contributed by atoms with Crippen molar-refractivity contribution in [1.82, 2.24) is 4.98 Å². The summed E-state index contributed by atoms with van der Waals surface area (Å²) in [7, 11) is 0. The third kappa shape index (κ3) is 2.91. The van der Waals surface area contributed by atoms with Gasteiger partial charge in [-0.05, 0) is 49.6 Å². The second-order valence-electron chi connectivity index (χ2n) is 6.74. The zero-order valence-corrected chi connectivity index (χ0v) is 13.1. The van der Waals surface area contributed by atoms with Crippen molar-refractivity contribution in [2.75, 3.05) is 0 Å².